The number of rotatable bonds is 0. The fourth-order valence-corrected chi connectivity index (χ4v) is 2.47. The first kappa shape index (κ1) is 6.99. The maximum absolute atomic E-state index is 8.54. The van der Waals surface area contributed by atoms with Crippen LogP contribution in [-0.4, -0.2) is 18.4 Å². The zero-order valence-electron chi connectivity index (χ0n) is 5.30. The summed E-state index contributed by atoms with van der Waals surface area (Å²) >= 11 is 0. The topological polar surface area (TPSA) is 49.8 Å². The average Bonchev–Trinajstić information content (AvgIpc) is 1.89. The van der Waals surface area contributed by atoms with E-state index in [1.54, 1.807) is 0 Å². The van der Waals surface area contributed by atoms with E-state index in [4.69, 9.17) is 11.0 Å². The second-order valence-electron chi connectivity index (χ2n) is 2.39. The van der Waals surface area contributed by atoms with Gasteiger partial charge in [-0.15, -0.1) is 8.58 Å². The summed E-state index contributed by atoms with van der Waals surface area (Å²) in [5, 5.41) is 8.54. The highest BCUT2D eigenvalue weighted by Gasteiger charge is 2.20. The van der Waals surface area contributed by atoms with E-state index >= 15 is 0 Å². The van der Waals surface area contributed by atoms with Crippen molar-refractivity contribution in [2.75, 3.05) is 12.3 Å². The zero-order chi connectivity index (χ0) is 6.69. The highest BCUT2D eigenvalue weighted by molar-refractivity contribution is 7.38. The van der Waals surface area contributed by atoms with Crippen molar-refractivity contribution in [1.82, 2.24) is 0 Å². The number of nitrogens with zero attached hydrogens (tertiary/aromatic N) is 1. The SMILES string of the molecule is N#CC1CPCCC1N. The summed E-state index contributed by atoms with van der Waals surface area (Å²) < 4.78 is 0. The molecule has 3 heteroatoms. The molecular weight excluding hydrogens is 131 g/mol. The lowest BCUT2D eigenvalue weighted by Gasteiger charge is -2.22. The van der Waals surface area contributed by atoms with Crippen LogP contribution in [0.25, 0.3) is 0 Å². The smallest absolute Gasteiger partial charge is 0.0675 e. The maximum atomic E-state index is 8.54. The fourth-order valence-electron chi connectivity index (χ4n) is 1.02. The van der Waals surface area contributed by atoms with E-state index in [2.05, 4.69) is 6.07 Å². The third-order valence-corrected chi connectivity index (χ3v) is 3.07. The molecule has 3 unspecified atom stereocenters. The number of nitriles is 1. The number of hydrogen-bond acceptors (Lipinski definition) is 2. The molecule has 50 valence electrons. The standard InChI is InChI=1S/C6H11N2P/c7-3-5-4-9-2-1-6(5)8/h5-6,9H,1-2,4,8H2. The van der Waals surface area contributed by atoms with Gasteiger partial charge in [0, 0.05) is 6.04 Å². The minimum absolute atomic E-state index is 0.150. The monoisotopic (exact) mass is 142 g/mol. The van der Waals surface area contributed by atoms with Gasteiger partial charge >= 0.3 is 0 Å². The minimum atomic E-state index is 0.150. The van der Waals surface area contributed by atoms with Crippen LogP contribution in [0.5, 0.6) is 0 Å². The Morgan fingerprint density at radius 2 is 2.44 bits per heavy atom. The molecule has 0 aromatic carbocycles. The molecule has 9 heavy (non-hydrogen) atoms. The van der Waals surface area contributed by atoms with Gasteiger partial charge in [0.15, 0.2) is 0 Å². The molecule has 0 saturated carbocycles. The van der Waals surface area contributed by atoms with E-state index in [0.29, 0.717) is 0 Å². The molecular formula is C6H11N2P. The maximum Gasteiger partial charge on any atom is 0.0675 e. The van der Waals surface area contributed by atoms with Gasteiger partial charge in [0.05, 0.1) is 12.0 Å². The molecule has 0 amide bonds. The first-order valence-electron chi connectivity index (χ1n) is 3.20. The molecule has 0 spiro atoms. The van der Waals surface area contributed by atoms with Crippen molar-refractivity contribution in [2.45, 2.75) is 12.5 Å². The van der Waals surface area contributed by atoms with E-state index in [9.17, 15) is 0 Å². The fraction of sp³-hybridized carbons (Fsp3) is 0.833. The Bertz CT molecular complexity index is 130. The zero-order valence-corrected chi connectivity index (χ0v) is 6.30. The lowest BCUT2D eigenvalue weighted by Crippen LogP contribution is -2.33. The Morgan fingerprint density at radius 1 is 1.67 bits per heavy atom. The lowest BCUT2D eigenvalue weighted by atomic mass is 10.0. The first-order valence-corrected chi connectivity index (χ1v) is 4.62. The van der Waals surface area contributed by atoms with Gasteiger partial charge in [-0.25, -0.2) is 0 Å². The van der Waals surface area contributed by atoms with Crippen molar-refractivity contribution in [2.24, 2.45) is 11.7 Å². The van der Waals surface area contributed by atoms with Crippen molar-refractivity contribution >= 4 is 8.58 Å². The van der Waals surface area contributed by atoms with Gasteiger partial charge in [-0.2, -0.15) is 5.26 Å². The normalized spacial score (nSPS) is 38.2. The van der Waals surface area contributed by atoms with Crippen molar-refractivity contribution < 1.29 is 0 Å². The van der Waals surface area contributed by atoms with Crippen LogP contribution in [0.1, 0.15) is 6.42 Å². The molecule has 0 aromatic rings. The molecule has 2 nitrogen and oxygen atoms in total. The Hall–Kier alpha value is -0.120. The Balaban J connectivity index is 2.41. The van der Waals surface area contributed by atoms with Crippen molar-refractivity contribution in [1.29, 1.82) is 5.26 Å². The van der Waals surface area contributed by atoms with Gasteiger partial charge in [-0.1, -0.05) is 0 Å². The second-order valence-corrected chi connectivity index (χ2v) is 3.80. The van der Waals surface area contributed by atoms with Crippen LogP contribution in [0.4, 0.5) is 0 Å². The van der Waals surface area contributed by atoms with E-state index in [1.165, 1.54) is 6.16 Å². The second kappa shape index (κ2) is 3.15. The summed E-state index contributed by atoms with van der Waals surface area (Å²) in [6.45, 7) is 0. The number of nitrogens with two attached hydrogens (primary N) is 1. The number of hydrogen-bond donors (Lipinski definition) is 1. The Kier molecular flexibility index (Phi) is 2.45. The summed E-state index contributed by atoms with van der Waals surface area (Å²) in [6, 6.07) is 2.40. The van der Waals surface area contributed by atoms with E-state index in [1.807, 2.05) is 0 Å². The Morgan fingerprint density at radius 3 is 2.89 bits per heavy atom. The molecule has 1 aliphatic heterocycles. The van der Waals surface area contributed by atoms with Gasteiger partial charge in [-0.05, 0) is 18.7 Å². The molecule has 1 rings (SSSR count). The summed E-state index contributed by atoms with van der Waals surface area (Å²) in [4.78, 5) is 0. The molecule has 0 aliphatic carbocycles. The molecule has 1 fully saturated rings. The highest BCUT2D eigenvalue weighted by Crippen LogP contribution is 2.25. The van der Waals surface area contributed by atoms with Gasteiger partial charge in [0.1, 0.15) is 0 Å². The molecule has 0 aromatic heterocycles. The van der Waals surface area contributed by atoms with Crippen molar-refractivity contribution in [3.63, 3.8) is 0 Å². The van der Waals surface area contributed by atoms with E-state index < -0.39 is 0 Å². The van der Waals surface area contributed by atoms with E-state index in [-0.39, 0.29) is 12.0 Å². The van der Waals surface area contributed by atoms with Crippen LogP contribution in [0.2, 0.25) is 0 Å². The van der Waals surface area contributed by atoms with Crippen LogP contribution < -0.4 is 5.73 Å². The molecule has 2 N–H and O–H groups in total. The third-order valence-electron chi connectivity index (χ3n) is 1.70. The first-order chi connectivity index (χ1) is 4.34. The Labute approximate surface area is 57.2 Å². The predicted molar refractivity (Wildman–Crippen MR) is 39.7 cm³/mol. The van der Waals surface area contributed by atoms with Crippen LogP contribution in [0, 0.1) is 17.2 Å². The summed E-state index contributed by atoms with van der Waals surface area (Å²) in [5.74, 6) is 0.150. The summed E-state index contributed by atoms with van der Waals surface area (Å²) in [7, 11) is 0.972. The van der Waals surface area contributed by atoms with Gasteiger partial charge in [-0.3, -0.25) is 0 Å². The van der Waals surface area contributed by atoms with Crippen molar-refractivity contribution in [3.8, 4) is 6.07 Å². The van der Waals surface area contributed by atoms with Crippen molar-refractivity contribution in [3.05, 3.63) is 0 Å². The summed E-state index contributed by atoms with van der Waals surface area (Å²) in [5.41, 5.74) is 5.67. The summed E-state index contributed by atoms with van der Waals surface area (Å²) in [6.07, 6.45) is 3.33. The molecule has 1 saturated heterocycles. The van der Waals surface area contributed by atoms with Crippen LogP contribution in [0.3, 0.4) is 0 Å². The lowest BCUT2D eigenvalue weighted by molar-refractivity contribution is 0.527. The molecule has 0 radical (unpaired) electrons. The molecule has 0 bridgehead atoms. The molecule has 1 aliphatic rings. The minimum Gasteiger partial charge on any atom is -0.326 e. The van der Waals surface area contributed by atoms with Gasteiger partial charge < -0.3 is 5.73 Å². The average molecular weight is 142 g/mol. The highest BCUT2D eigenvalue weighted by atomic mass is 31.1. The molecule has 1 heterocycles. The van der Waals surface area contributed by atoms with E-state index in [0.717, 1.165) is 21.2 Å². The third kappa shape index (κ3) is 1.64. The van der Waals surface area contributed by atoms with Gasteiger partial charge in [0.25, 0.3) is 0 Å². The quantitative estimate of drug-likeness (QED) is 0.502. The molecule has 3 atom stereocenters. The van der Waals surface area contributed by atoms with Gasteiger partial charge in [0.2, 0.25) is 0 Å². The largest absolute Gasteiger partial charge is 0.326 e. The predicted octanol–water partition coefficient (Wildman–Crippen LogP) is 0.536. The van der Waals surface area contributed by atoms with Crippen LogP contribution in [0.15, 0.2) is 0 Å². The van der Waals surface area contributed by atoms with Crippen LogP contribution >= 0.6 is 8.58 Å². The van der Waals surface area contributed by atoms with Crippen LogP contribution in [-0.2, 0) is 0 Å².